The van der Waals surface area contributed by atoms with Gasteiger partial charge in [0, 0.05) is 18.7 Å². The standard InChI is InChI=1S/C16H23ClN2O/c1-11(2)12-4-3-8-19(9-7-12)16(20)13-5-6-14(17)15(18)10-13/h5-6,10-12H,3-4,7-9,18H2,1-2H3. The first-order valence-electron chi connectivity index (χ1n) is 7.33. The fourth-order valence-electron chi connectivity index (χ4n) is 2.85. The van der Waals surface area contributed by atoms with E-state index < -0.39 is 0 Å². The molecule has 1 amide bonds. The summed E-state index contributed by atoms with van der Waals surface area (Å²) in [4.78, 5) is 14.5. The van der Waals surface area contributed by atoms with E-state index in [-0.39, 0.29) is 5.91 Å². The maximum atomic E-state index is 12.5. The van der Waals surface area contributed by atoms with Gasteiger partial charge in [-0.25, -0.2) is 0 Å². The molecule has 0 bridgehead atoms. The Hall–Kier alpha value is -1.22. The molecular formula is C16H23ClN2O. The first-order chi connectivity index (χ1) is 9.49. The summed E-state index contributed by atoms with van der Waals surface area (Å²) in [5.41, 5.74) is 6.88. The number of anilines is 1. The van der Waals surface area contributed by atoms with Gasteiger partial charge in [-0.3, -0.25) is 4.79 Å². The van der Waals surface area contributed by atoms with Gasteiger partial charge >= 0.3 is 0 Å². The molecule has 0 spiro atoms. The molecule has 2 N–H and O–H groups in total. The van der Waals surface area contributed by atoms with Crippen molar-refractivity contribution in [3.63, 3.8) is 0 Å². The molecule has 3 nitrogen and oxygen atoms in total. The largest absolute Gasteiger partial charge is 0.398 e. The minimum Gasteiger partial charge on any atom is -0.398 e. The molecule has 1 atom stereocenters. The van der Waals surface area contributed by atoms with Crippen molar-refractivity contribution >= 4 is 23.2 Å². The summed E-state index contributed by atoms with van der Waals surface area (Å²) in [5, 5.41) is 0.497. The zero-order chi connectivity index (χ0) is 14.7. The summed E-state index contributed by atoms with van der Waals surface area (Å²) in [6.45, 7) is 6.21. The number of hydrogen-bond acceptors (Lipinski definition) is 2. The lowest BCUT2D eigenvalue weighted by atomic mass is 9.89. The molecule has 0 aromatic heterocycles. The van der Waals surface area contributed by atoms with Crippen LogP contribution in [0.5, 0.6) is 0 Å². The van der Waals surface area contributed by atoms with Crippen LogP contribution in [0, 0.1) is 11.8 Å². The maximum absolute atomic E-state index is 12.5. The Morgan fingerprint density at radius 3 is 2.75 bits per heavy atom. The van der Waals surface area contributed by atoms with Crippen LogP contribution in [-0.2, 0) is 0 Å². The van der Waals surface area contributed by atoms with E-state index >= 15 is 0 Å². The van der Waals surface area contributed by atoms with Crippen LogP contribution in [0.15, 0.2) is 18.2 Å². The lowest BCUT2D eigenvalue weighted by Gasteiger charge is -2.22. The molecule has 1 unspecified atom stereocenters. The number of nitrogens with zero attached hydrogens (tertiary/aromatic N) is 1. The van der Waals surface area contributed by atoms with Gasteiger partial charge in [0.2, 0.25) is 0 Å². The number of nitrogen functional groups attached to an aromatic ring is 1. The van der Waals surface area contributed by atoms with E-state index in [1.807, 2.05) is 4.90 Å². The number of benzene rings is 1. The second-order valence-electron chi connectivity index (χ2n) is 5.96. The van der Waals surface area contributed by atoms with Crippen molar-refractivity contribution in [3.8, 4) is 0 Å². The van der Waals surface area contributed by atoms with Crippen LogP contribution in [0.1, 0.15) is 43.5 Å². The monoisotopic (exact) mass is 294 g/mol. The highest BCUT2D eigenvalue weighted by Gasteiger charge is 2.23. The SMILES string of the molecule is CC(C)C1CCCN(C(=O)c2ccc(Cl)c(N)c2)CC1. The summed E-state index contributed by atoms with van der Waals surface area (Å²) in [6, 6.07) is 5.13. The summed E-state index contributed by atoms with van der Waals surface area (Å²) in [5.74, 6) is 1.48. The lowest BCUT2D eigenvalue weighted by molar-refractivity contribution is 0.0759. The van der Waals surface area contributed by atoms with Crippen LogP contribution in [0.2, 0.25) is 5.02 Å². The highest BCUT2D eigenvalue weighted by Crippen LogP contribution is 2.26. The van der Waals surface area contributed by atoms with E-state index in [0.717, 1.165) is 31.8 Å². The fraction of sp³-hybridized carbons (Fsp3) is 0.562. The molecule has 0 radical (unpaired) electrons. The lowest BCUT2D eigenvalue weighted by Crippen LogP contribution is -2.32. The zero-order valence-electron chi connectivity index (χ0n) is 12.2. The van der Waals surface area contributed by atoms with Gasteiger partial charge in [-0.15, -0.1) is 0 Å². The van der Waals surface area contributed by atoms with Crippen LogP contribution in [0.3, 0.4) is 0 Å². The summed E-state index contributed by atoms with van der Waals surface area (Å²) in [7, 11) is 0. The number of halogens is 1. The number of hydrogen-bond donors (Lipinski definition) is 1. The number of nitrogens with two attached hydrogens (primary N) is 1. The molecular weight excluding hydrogens is 272 g/mol. The molecule has 1 heterocycles. The molecule has 0 saturated carbocycles. The zero-order valence-corrected chi connectivity index (χ0v) is 13.0. The molecule has 0 aliphatic carbocycles. The van der Waals surface area contributed by atoms with Gasteiger partial charge in [0.05, 0.1) is 10.7 Å². The third-order valence-corrected chi connectivity index (χ3v) is 4.59. The van der Waals surface area contributed by atoms with Gasteiger partial charge in [0.15, 0.2) is 0 Å². The molecule has 1 aromatic carbocycles. The molecule has 2 rings (SSSR count). The number of carbonyl (C=O) groups is 1. The summed E-state index contributed by atoms with van der Waals surface area (Å²) >= 11 is 5.90. The Bertz CT molecular complexity index is 487. The maximum Gasteiger partial charge on any atom is 0.253 e. The third-order valence-electron chi connectivity index (χ3n) is 4.25. The predicted molar refractivity (Wildman–Crippen MR) is 83.9 cm³/mol. The number of carbonyl (C=O) groups excluding carboxylic acids is 1. The van der Waals surface area contributed by atoms with Crippen molar-refractivity contribution in [3.05, 3.63) is 28.8 Å². The Morgan fingerprint density at radius 2 is 2.10 bits per heavy atom. The second kappa shape index (κ2) is 6.49. The Balaban J connectivity index is 2.07. The van der Waals surface area contributed by atoms with Crippen LogP contribution in [0.4, 0.5) is 5.69 Å². The molecule has 20 heavy (non-hydrogen) atoms. The van der Waals surface area contributed by atoms with Crippen LogP contribution < -0.4 is 5.73 Å². The third kappa shape index (κ3) is 3.45. The predicted octanol–water partition coefficient (Wildman–Crippen LogP) is 3.82. The normalized spacial score (nSPS) is 20.0. The molecule has 1 saturated heterocycles. The number of amides is 1. The molecule has 1 aromatic rings. The molecule has 110 valence electrons. The Kier molecular flexibility index (Phi) is 4.92. The van der Waals surface area contributed by atoms with Crippen LogP contribution in [0.25, 0.3) is 0 Å². The smallest absolute Gasteiger partial charge is 0.253 e. The summed E-state index contributed by atoms with van der Waals surface area (Å²) < 4.78 is 0. The van der Waals surface area contributed by atoms with Crippen molar-refractivity contribution in [2.45, 2.75) is 33.1 Å². The van der Waals surface area contributed by atoms with Crippen molar-refractivity contribution in [2.75, 3.05) is 18.8 Å². The Morgan fingerprint density at radius 1 is 1.35 bits per heavy atom. The minimum atomic E-state index is 0.0674. The average Bonchev–Trinajstić information content (AvgIpc) is 2.67. The van der Waals surface area contributed by atoms with E-state index in [1.165, 1.54) is 6.42 Å². The first-order valence-corrected chi connectivity index (χ1v) is 7.71. The van der Waals surface area contributed by atoms with Crippen molar-refractivity contribution in [1.29, 1.82) is 0 Å². The van der Waals surface area contributed by atoms with E-state index in [2.05, 4.69) is 13.8 Å². The summed E-state index contributed by atoms with van der Waals surface area (Å²) in [6.07, 6.45) is 3.38. The minimum absolute atomic E-state index is 0.0674. The molecule has 1 aliphatic rings. The van der Waals surface area contributed by atoms with Crippen molar-refractivity contribution < 1.29 is 4.79 Å². The van der Waals surface area contributed by atoms with Gasteiger partial charge < -0.3 is 10.6 Å². The van der Waals surface area contributed by atoms with Gasteiger partial charge in [0.25, 0.3) is 5.91 Å². The van der Waals surface area contributed by atoms with Crippen LogP contribution >= 0.6 is 11.6 Å². The van der Waals surface area contributed by atoms with Crippen molar-refractivity contribution in [1.82, 2.24) is 4.90 Å². The van der Waals surface area contributed by atoms with Gasteiger partial charge in [-0.2, -0.15) is 0 Å². The second-order valence-corrected chi connectivity index (χ2v) is 6.37. The quantitative estimate of drug-likeness (QED) is 0.843. The number of rotatable bonds is 2. The van der Waals surface area contributed by atoms with Crippen molar-refractivity contribution in [2.24, 2.45) is 11.8 Å². The number of likely N-dealkylation sites (tertiary alicyclic amines) is 1. The highest BCUT2D eigenvalue weighted by molar-refractivity contribution is 6.33. The fourth-order valence-corrected chi connectivity index (χ4v) is 2.97. The highest BCUT2D eigenvalue weighted by atomic mass is 35.5. The van der Waals surface area contributed by atoms with Gasteiger partial charge in [-0.05, 0) is 49.3 Å². The van der Waals surface area contributed by atoms with Crippen LogP contribution in [-0.4, -0.2) is 23.9 Å². The van der Waals surface area contributed by atoms with E-state index in [1.54, 1.807) is 18.2 Å². The van der Waals surface area contributed by atoms with E-state index in [0.29, 0.717) is 22.2 Å². The first kappa shape index (κ1) is 15.2. The average molecular weight is 295 g/mol. The Labute approximate surface area is 126 Å². The topological polar surface area (TPSA) is 46.3 Å². The molecule has 1 aliphatic heterocycles. The van der Waals surface area contributed by atoms with Gasteiger partial charge in [0.1, 0.15) is 0 Å². The molecule has 4 heteroatoms. The van der Waals surface area contributed by atoms with E-state index in [9.17, 15) is 4.79 Å². The molecule has 1 fully saturated rings. The van der Waals surface area contributed by atoms with Gasteiger partial charge in [-0.1, -0.05) is 25.4 Å². The van der Waals surface area contributed by atoms with E-state index in [4.69, 9.17) is 17.3 Å².